The number of nitrogens with one attached hydrogen (secondary N) is 1. The summed E-state index contributed by atoms with van der Waals surface area (Å²) >= 11 is 0. The van der Waals surface area contributed by atoms with Gasteiger partial charge in [-0.15, -0.1) is 0 Å². The number of aliphatic hydroxyl groups excluding tert-OH is 1. The number of aliphatic hydroxyl groups is 1. The molecule has 0 aromatic carbocycles. The molecule has 0 aliphatic heterocycles. The summed E-state index contributed by atoms with van der Waals surface area (Å²) in [6.45, 7) is 0.637. The molecule has 1 saturated carbocycles. The topological polar surface area (TPSA) is 104 Å². The van der Waals surface area contributed by atoms with Gasteiger partial charge in [-0.2, -0.15) is 0 Å². The number of rotatable bonds is 5. The second-order valence-corrected chi connectivity index (χ2v) is 4.77. The maximum absolute atomic E-state index is 11.1. The lowest BCUT2D eigenvalue weighted by Crippen LogP contribution is -2.37. The molecule has 0 amide bonds. The first-order valence-corrected chi connectivity index (χ1v) is 6.09. The van der Waals surface area contributed by atoms with Crippen molar-refractivity contribution in [3.63, 3.8) is 0 Å². The minimum atomic E-state index is -0.479. The zero-order valence-corrected chi connectivity index (χ0v) is 10.9. The maximum Gasteiger partial charge on any atom is 0.353 e. The van der Waals surface area contributed by atoms with Crippen molar-refractivity contribution in [3.05, 3.63) is 16.4 Å². The Hall–Kier alpha value is -1.96. The Labute approximate surface area is 110 Å². The summed E-state index contributed by atoms with van der Waals surface area (Å²) in [5.41, 5.74) is -0.118. The van der Waals surface area contributed by atoms with E-state index in [1.54, 1.807) is 19.0 Å². The van der Waals surface area contributed by atoms with Gasteiger partial charge in [-0.1, -0.05) is 0 Å². The van der Waals surface area contributed by atoms with Crippen molar-refractivity contribution in [2.24, 2.45) is 5.92 Å². The monoisotopic (exact) mass is 267 g/mol. The molecular formula is C11H17N5O3. The van der Waals surface area contributed by atoms with E-state index < -0.39 is 4.92 Å². The molecule has 8 nitrogen and oxygen atoms in total. The van der Waals surface area contributed by atoms with Gasteiger partial charge >= 0.3 is 5.69 Å². The molecule has 1 aliphatic carbocycles. The smallest absolute Gasteiger partial charge is 0.353 e. The lowest BCUT2D eigenvalue weighted by Gasteiger charge is -2.34. The van der Waals surface area contributed by atoms with Crippen LogP contribution in [0.2, 0.25) is 0 Å². The number of hydrogen-bond donors (Lipinski definition) is 2. The first-order valence-electron chi connectivity index (χ1n) is 6.09. The van der Waals surface area contributed by atoms with Crippen molar-refractivity contribution in [3.8, 4) is 0 Å². The average molecular weight is 267 g/mol. The average Bonchev–Trinajstić information content (AvgIpc) is 2.35. The molecular weight excluding hydrogens is 250 g/mol. The molecule has 0 bridgehead atoms. The summed E-state index contributed by atoms with van der Waals surface area (Å²) in [5.74, 6) is 0.855. The van der Waals surface area contributed by atoms with E-state index >= 15 is 0 Å². The highest BCUT2D eigenvalue weighted by molar-refractivity contribution is 5.69. The van der Waals surface area contributed by atoms with Gasteiger partial charge in [-0.05, 0) is 18.8 Å². The number of aromatic nitrogens is 2. The molecule has 1 aromatic heterocycles. The summed E-state index contributed by atoms with van der Waals surface area (Å²) in [6.07, 6.45) is 2.55. The van der Waals surface area contributed by atoms with Crippen molar-refractivity contribution < 1.29 is 10.0 Å². The van der Waals surface area contributed by atoms with E-state index in [0.717, 1.165) is 12.8 Å². The quantitative estimate of drug-likeness (QED) is 0.595. The Kier molecular flexibility index (Phi) is 3.79. The van der Waals surface area contributed by atoms with Crippen LogP contribution in [0.3, 0.4) is 0 Å². The molecule has 104 valence electrons. The van der Waals surface area contributed by atoms with Crippen molar-refractivity contribution in [1.82, 2.24) is 9.97 Å². The normalized spacial score (nSPS) is 21.6. The van der Waals surface area contributed by atoms with Crippen molar-refractivity contribution in [2.75, 3.05) is 30.9 Å². The van der Waals surface area contributed by atoms with Gasteiger partial charge < -0.3 is 15.3 Å². The number of nitro groups is 1. The zero-order valence-electron chi connectivity index (χ0n) is 10.9. The zero-order chi connectivity index (χ0) is 14.0. The van der Waals surface area contributed by atoms with Gasteiger partial charge in [0.1, 0.15) is 6.33 Å². The molecule has 0 atom stereocenters. The van der Waals surface area contributed by atoms with E-state index in [2.05, 4.69) is 15.3 Å². The van der Waals surface area contributed by atoms with E-state index in [9.17, 15) is 15.2 Å². The molecule has 8 heteroatoms. The van der Waals surface area contributed by atoms with Crippen molar-refractivity contribution in [2.45, 2.75) is 18.9 Å². The lowest BCUT2D eigenvalue weighted by atomic mass is 9.82. The predicted octanol–water partition coefficient (Wildman–Crippen LogP) is 0.634. The minimum absolute atomic E-state index is 0.118. The van der Waals surface area contributed by atoms with E-state index in [0.29, 0.717) is 18.3 Å². The van der Waals surface area contributed by atoms with Gasteiger partial charge in [0.25, 0.3) is 0 Å². The number of nitrogens with zero attached hydrogens (tertiary/aromatic N) is 4. The van der Waals surface area contributed by atoms with Crippen LogP contribution in [0.15, 0.2) is 6.33 Å². The first-order chi connectivity index (χ1) is 9.02. The molecule has 0 saturated heterocycles. The summed E-state index contributed by atoms with van der Waals surface area (Å²) in [7, 11) is 3.35. The molecule has 2 rings (SSSR count). The summed E-state index contributed by atoms with van der Waals surface area (Å²) < 4.78 is 0. The van der Waals surface area contributed by atoms with Crippen LogP contribution in [0.1, 0.15) is 12.8 Å². The van der Waals surface area contributed by atoms with Crippen LogP contribution in [-0.2, 0) is 0 Å². The second kappa shape index (κ2) is 5.35. The highest BCUT2D eigenvalue weighted by Crippen LogP contribution is 2.33. The van der Waals surface area contributed by atoms with Gasteiger partial charge in [0.05, 0.1) is 11.0 Å². The molecule has 1 aliphatic rings. The highest BCUT2D eigenvalue weighted by atomic mass is 16.6. The second-order valence-electron chi connectivity index (χ2n) is 4.77. The summed E-state index contributed by atoms with van der Waals surface area (Å²) in [5, 5.41) is 23.1. The molecule has 2 N–H and O–H groups in total. The Morgan fingerprint density at radius 2 is 2.26 bits per heavy atom. The molecule has 0 radical (unpaired) electrons. The molecule has 1 aromatic rings. The maximum atomic E-state index is 11.1. The third kappa shape index (κ3) is 2.73. The summed E-state index contributed by atoms with van der Waals surface area (Å²) in [6, 6.07) is 0. The first kappa shape index (κ1) is 13.5. The van der Waals surface area contributed by atoms with Crippen molar-refractivity contribution in [1.29, 1.82) is 0 Å². The van der Waals surface area contributed by atoms with Gasteiger partial charge in [0, 0.05) is 20.6 Å². The predicted molar refractivity (Wildman–Crippen MR) is 70.2 cm³/mol. The molecule has 19 heavy (non-hydrogen) atoms. The highest BCUT2D eigenvalue weighted by Gasteiger charge is 2.31. The van der Waals surface area contributed by atoms with Crippen LogP contribution in [0.5, 0.6) is 0 Å². The lowest BCUT2D eigenvalue weighted by molar-refractivity contribution is -0.383. The van der Waals surface area contributed by atoms with E-state index in [1.807, 2.05) is 0 Å². The van der Waals surface area contributed by atoms with Gasteiger partial charge in [0.2, 0.25) is 11.6 Å². The molecule has 1 fully saturated rings. The third-order valence-electron chi connectivity index (χ3n) is 3.33. The van der Waals surface area contributed by atoms with Gasteiger partial charge in [-0.25, -0.2) is 9.97 Å². The van der Waals surface area contributed by atoms with E-state index in [4.69, 9.17) is 0 Å². The van der Waals surface area contributed by atoms with Crippen LogP contribution in [-0.4, -0.2) is 46.7 Å². The Balaban J connectivity index is 2.20. The SMILES string of the molecule is CNc1ncnc(N(C)CC2CC(O)C2)c1[N+](=O)[O-]. The van der Waals surface area contributed by atoms with Crippen molar-refractivity contribution >= 4 is 17.3 Å². The van der Waals surface area contributed by atoms with Crippen LogP contribution < -0.4 is 10.2 Å². The van der Waals surface area contributed by atoms with Crippen LogP contribution in [0.4, 0.5) is 17.3 Å². The van der Waals surface area contributed by atoms with E-state index in [1.165, 1.54) is 6.33 Å². The molecule has 0 unspecified atom stereocenters. The van der Waals surface area contributed by atoms with Crippen LogP contribution in [0, 0.1) is 16.0 Å². The Bertz CT molecular complexity index is 475. The molecule has 1 heterocycles. The Morgan fingerprint density at radius 3 is 2.79 bits per heavy atom. The van der Waals surface area contributed by atoms with Gasteiger partial charge in [-0.3, -0.25) is 10.1 Å². The minimum Gasteiger partial charge on any atom is -0.393 e. The van der Waals surface area contributed by atoms with Gasteiger partial charge in [0.15, 0.2) is 0 Å². The fourth-order valence-corrected chi connectivity index (χ4v) is 2.32. The van der Waals surface area contributed by atoms with Crippen LogP contribution in [0.25, 0.3) is 0 Å². The Morgan fingerprint density at radius 1 is 1.58 bits per heavy atom. The third-order valence-corrected chi connectivity index (χ3v) is 3.33. The largest absolute Gasteiger partial charge is 0.393 e. The fraction of sp³-hybridized carbons (Fsp3) is 0.636. The van der Waals surface area contributed by atoms with E-state index in [-0.39, 0.29) is 17.6 Å². The standard InChI is InChI=1S/C11H17N5O3/c1-12-10-9(16(18)19)11(14-6-13-10)15(2)5-7-3-8(17)4-7/h6-8,17H,3-5H2,1-2H3,(H,12,13,14). The summed E-state index contributed by atoms with van der Waals surface area (Å²) in [4.78, 5) is 20.3. The van der Waals surface area contributed by atoms with Crippen LogP contribution >= 0.6 is 0 Å². The molecule has 0 spiro atoms. The fourth-order valence-electron chi connectivity index (χ4n) is 2.32. The number of hydrogen-bond acceptors (Lipinski definition) is 7. The number of anilines is 2.